The zero-order valence-corrected chi connectivity index (χ0v) is 21.0. The molecule has 0 saturated carbocycles. The number of methoxy groups -OCH3 is 1. The van der Waals surface area contributed by atoms with E-state index in [1.165, 1.54) is 7.11 Å². The van der Waals surface area contributed by atoms with E-state index in [9.17, 15) is 15.8 Å². The van der Waals surface area contributed by atoms with Crippen LogP contribution in [0.25, 0.3) is 0 Å². The normalized spacial score (nSPS) is 20.5. The molecule has 0 aromatic heterocycles. The summed E-state index contributed by atoms with van der Waals surface area (Å²) in [6, 6.07) is 17.0. The molecule has 0 spiro atoms. The van der Waals surface area contributed by atoms with E-state index in [4.69, 9.17) is 38.4 Å². The number of benzene rings is 2. The Kier molecular flexibility index (Phi) is 7.20. The van der Waals surface area contributed by atoms with Crippen LogP contribution in [0.5, 0.6) is 11.5 Å². The highest BCUT2D eigenvalue weighted by atomic mass is 35.5. The first-order valence-corrected chi connectivity index (χ1v) is 12.6. The monoisotopic (exact) mass is 522 g/mol. The summed E-state index contributed by atoms with van der Waals surface area (Å²) >= 11 is 13.8. The van der Waals surface area contributed by atoms with Crippen molar-refractivity contribution in [3.8, 4) is 29.7 Å². The second-order valence-electron chi connectivity index (χ2n) is 8.16. The maximum atomic E-state index is 10.2. The van der Waals surface area contributed by atoms with E-state index in [2.05, 4.69) is 18.2 Å². The molecule has 35 heavy (non-hydrogen) atoms. The summed E-state index contributed by atoms with van der Waals surface area (Å²) < 4.78 is 11.6. The van der Waals surface area contributed by atoms with Crippen molar-refractivity contribution >= 4 is 35.0 Å². The highest BCUT2D eigenvalue weighted by Crippen LogP contribution is 2.55. The SMILES string of the molecule is COc1cc([C@H]2[C@H]3CSCC=C3C(C#N)=C(N)C2(C#N)C#N)ccc1OCc1ccc(Cl)c(Cl)c1. The fraction of sp³-hybridized carbons (Fsp3) is 0.269. The smallest absolute Gasteiger partial charge is 0.191 e. The molecule has 4 rings (SSSR count). The van der Waals surface area contributed by atoms with E-state index in [-0.39, 0.29) is 23.8 Å². The Morgan fingerprint density at radius 1 is 1.09 bits per heavy atom. The van der Waals surface area contributed by atoms with Crippen molar-refractivity contribution in [1.82, 2.24) is 0 Å². The number of allylic oxidation sites excluding steroid dienone is 3. The molecule has 0 radical (unpaired) electrons. The van der Waals surface area contributed by atoms with Crippen molar-refractivity contribution in [2.45, 2.75) is 12.5 Å². The highest BCUT2D eigenvalue weighted by Gasteiger charge is 2.54. The Balaban J connectivity index is 1.75. The molecule has 1 aliphatic carbocycles. The maximum Gasteiger partial charge on any atom is 0.191 e. The zero-order chi connectivity index (χ0) is 25.2. The fourth-order valence-corrected chi connectivity index (χ4v) is 6.03. The molecule has 0 saturated heterocycles. The first kappa shape index (κ1) is 24.8. The molecule has 2 N–H and O–H groups in total. The number of fused-ring (bicyclic) bond motifs is 1. The van der Waals surface area contributed by atoms with Gasteiger partial charge < -0.3 is 15.2 Å². The Bertz CT molecular complexity index is 1350. The lowest BCUT2D eigenvalue weighted by Gasteiger charge is -2.43. The van der Waals surface area contributed by atoms with Crippen molar-refractivity contribution in [3.05, 3.63) is 80.5 Å². The largest absolute Gasteiger partial charge is 0.493 e. The van der Waals surface area contributed by atoms with Gasteiger partial charge in [-0.05, 0) is 41.0 Å². The van der Waals surface area contributed by atoms with E-state index >= 15 is 0 Å². The number of nitrogens with zero attached hydrogens (tertiary/aromatic N) is 3. The van der Waals surface area contributed by atoms with Crippen LogP contribution in [0.15, 0.2) is 59.3 Å². The van der Waals surface area contributed by atoms with E-state index in [1.807, 2.05) is 18.2 Å². The van der Waals surface area contributed by atoms with Crippen molar-refractivity contribution in [1.29, 1.82) is 15.8 Å². The lowest BCUT2D eigenvalue weighted by molar-refractivity contribution is 0.283. The van der Waals surface area contributed by atoms with E-state index < -0.39 is 11.3 Å². The lowest BCUT2D eigenvalue weighted by atomic mass is 9.59. The number of nitrogens with two attached hydrogens (primary N) is 1. The standard InChI is InChI=1S/C26H20Cl2N4O2S/c1-33-23-9-16(3-5-22(23)34-11-15-2-4-20(27)21(28)8-15)24-19-12-35-7-6-17(19)18(10-29)25(32)26(24,13-30)14-31/h2-6,8-9,19,24H,7,11-12,32H2,1H3/t19-,24-/m0/s1. The van der Waals surface area contributed by atoms with Gasteiger partial charge in [0.15, 0.2) is 16.9 Å². The number of thioether (sulfide) groups is 1. The van der Waals surface area contributed by atoms with Crippen molar-refractivity contribution in [2.75, 3.05) is 18.6 Å². The van der Waals surface area contributed by atoms with Crippen molar-refractivity contribution in [3.63, 3.8) is 0 Å². The fourth-order valence-electron chi connectivity index (χ4n) is 4.65. The van der Waals surface area contributed by atoms with Crippen LogP contribution in [-0.2, 0) is 6.61 Å². The third kappa shape index (κ3) is 4.30. The van der Waals surface area contributed by atoms with Gasteiger partial charge in [0.25, 0.3) is 0 Å². The van der Waals surface area contributed by atoms with Gasteiger partial charge >= 0.3 is 0 Å². The number of halogens is 2. The van der Waals surface area contributed by atoms with Gasteiger partial charge in [-0.1, -0.05) is 41.4 Å². The third-order valence-corrected chi connectivity index (χ3v) is 8.10. The maximum absolute atomic E-state index is 10.2. The number of ether oxygens (including phenoxy) is 2. The quantitative estimate of drug-likeness (QED) is 0.532. The molecule has 2 aromatic rings. The van der Waals surface area contributed by atoms with Crippen molar-refractivity contribution in [2.24, 2.45) is 17.1 Å². The Hall–Kier alpha value is -3.28. The van der Waals surface area contributed by atoms with Crippen LogP contribution in [0.4, 0.5) is 0 Å². The Labute approximate surface area is 218 Å². The molecule has 176 valence electrons. The van der Waals surface area contributed by atoms with Gasteiger partial charge in [0, 0.05) is 23.3 Å². The van der Waals surface area contributed by atoms with E-state index in [1.54, 1.807) is 36.0 Å². The minimum absolute atomic E-state index is 0.00307. The summed E-state index contributed by atoms with van der Waals surface area (Å²) in [5.74, 6) is 1.56. The molecule has 1 aliphatic heterocycles. The molecule has 1 heterocycles. The second-order valence-corrected chi connectivity index (χ2v) is 10.0. The number of nitriles is 3. The Morgan fingerprint density at radius 3 is 2.51 bits per heavy atom. The number of hydrogen-bond donors (Lipinski definition) is 1. The van der Waals surface area contributed by atoms with Crippen LogP contribution >= 0.6 is 35.0 Å². The summed E-state index contributed by atoms with van der Waals surface area (Å²) in [7, 11) is 1.53. The van der Waals surface area contributed by atoms with Crippen LogP contribution in [0.3, 0.4) is 0 Å². The van der Waals surface area contributed by atoms with Crippen LogP contribution in [0, 0.1) is 45.3 Å². The van der Waals surface area contributed by atoms with Crippen LogP contribution in [0.2, 0.25) is 10.0 Å². The molecular weight excluding hydrogens is 503 g/mol. The molecule has 2 aliphatic rings. The summed E-state index contributed by atoms with van der Waals surface area (Å²) in [5, 5.41) is 31.0. The lowest BCUT2D eigenvalue weighted by Crippen LogP contribution is -2.43. The van der Waals surface area contributed by atoms with Crippen LogP contribution < -0.4 is 15.2 Å². The predicted octanol–water partition coefficient (Wildman–Crippen LogP) is 5.74. The summed E-state index contributed by atoms with van der Waals surface area (Å²) in [6.07, 6.45) is 1.97. The summed E-state index contributed by atoms with van der Waals surface area (Å²) in [4.78, 5) is 0. The minimum Gasteiger partial charge on any atom is -0.493 e. The molecule has 0 bridgehead atoms. The summed E-state index contributed by atoms with van der Waals surface area (Å²) in [6.45, 7) is 0.240. The van der Waals surface area contributed by atoms with Crippen molar-refractivity contribution < 1.29 is 9.47 Å². The minimum atomic E-state index is -1.68. The molecule has 0 amide bonds. The van der Waals surface area contributed by atoms with E-state index in [0.29, 0.717) is 32.9 Å². The molecule has 2 aromatic carbocycles. The average molecular weight is 523 g/mol. The van der Waals surface area contributed by atoms with Crippen LogP contribution in [0.1, 0.15) is 17.0 Å². The van der Waals surface area contributed by atoms with Gasteiger partial charge in [-0.15, -0.1) is 0 Å². The zero-order valence-electron chi connectivity index (χ0n) is 18.7. The molecule has 9 heteroatoms. The highest BCUT2D eigenvalue weighted by molar-refractivity contribution is 7.99. The molecule has 6 nitrogen and oxygen atoms in total. The molecule has 0 unspecified atom stereocenters. The van der Waals surface area contributed by atoms with Gasteiger partial charge in [0.05, 0.1) is 40.6 Å². The summed E-state index contributed by atoms with van der Waals surface area (Å²) in [5.41, 5.74) is 7.26. The van der Waals surface area contributed by atoms with Gasteiger partial charge in [0.2, 0.25) is 0 Å². The van der Waals surface area contributed by atoms with E-state index in [0.717, 1.165) is 16.9 Å². The topological polar surface area (TPSA) is 116 Å². The van der Waals surface area contributed by atoms with Gasteiger partial charge in [-0.3, -0.25) is 0 Å². The molecule has 0 fully saturated rings. The number of rotatable bonds is 5. The first-order chi connectivity index (χ1) is 16.9. The molecule has 2 atom stereocenters. The van der Waals surface area contributed by atoms with Gasteiger partial charge in [-0.2, -0.15) is 27.5 Å². The number of hydrogen-bond acceptors (Lipinski definition) is 7. The van der Waals surface area contributed by atoms with Gasteiger partial charge in [-0.25, -0.2) is 0 Å². The van der Waals surface area contributed by atoms with Crippen LogP contribution in [-0.4, -0.2) is 18.6 Å². The van der Waals surface area contributed by atoms with Gasteiger partial charge in [0.1, 0.15) is 12.7 Å². The third-order valence-electron chi connectivity index (χ3n) is 6.36. The Morgan fingerprint density at radius 2 is 1.86 bits per heavy atom. The average Bonchev–Trinajstić information content (AvgIpc) is 2.88. The molecular formula is C26H20Cl2N4O2S. The second kappa shape index (κ2) is 10.1. The predicted molar refractivity (Wildman–Crippen MR) is 136 cm³/mol. The first-order valence-electron chi connectivity index (χ1n) is 10.7.